The molecule has 4 aromatic rings. The number of carbonyl (C=O) groups excluding carboxylic acids is 1. The molecule has 2 N–H and O–H groups in total. The second-order valence-corrected chi connectivity index (χ2v) is 8.58. The smallest absolute Gasteiger partial charge is 0.289 e. The molecule has 0 aliphatic carbocycles. The maximum atomic E-state index is 13.1. The fraction of sp³-hybridized carbons (Fsp3) is 0.360. The number of aromatic amines is 1. The zero-order chi connectivity index (χ0) is 22.8. The first kappa shape index (κ1) is 21.2. The van der Waals surface area contributed by atoms with Gasteiger partial charge in [-0.3, -0.25) is 9.36 Å². The minimum atomic E-state index is -0.259. The van der Waals surface area contributed by atoms with Crippen molar-refractivity contribution in [3.05, 3.63) is 65.6 Å². The molecule has 0 radical (unpaired) electrons. The van der Waals surface area contributed by atoms with Gasteiger partial charge < -0.3 is 15.2 Å². The van der Waals surface area contributed by atoms with Gasteiger partial charge in [0.1, 0.15) is 5.82 Å². The molecule has 3 aromatic heterocycles. The number of hydrogen-bond donors (Lipinski definition) is 2. The highest BCUT2D eigenvalue weighted by molar-refractivity contribution is 5.98. The van der Waals surface area contributed by atoms with Gasteiger partial charge in [-0.05, 0) is 50.8 Å². The maximum Gasteiger partial charge on any atom is 0.289 e. The fourth-order valence-electron chi connectivity index (χ4n) is 4.58. The summed E-state index contributed by atoms with van der Waals surface area (Å²) in [5, 5.41) is 4.01. The number of nitrogens with one attached hydrogen (secondary N) is 2. The molecule has 0 unspecified atom stereocenters. The summed E-state index contributed by atoms with van der Waals surface area (Å²) in [6.45, 7) is 6.61. The number of anilines is 1. The number of aromatic nitrogens is 5. The van der Waals surface area contributed by atoms with Gasteiger partial charge in [-0.2, -0.15) is 0 Å². The standard InChI is InChI=1S/C25H29N7O/c1-17-18(2)32(20-9-5-3-6-10-20)24-21(17)23(31-13-7-4-8-14-31)29-22(30-24)25(33)27-12-11-19-15-26-16-28-19/h3,5-6,9-10,15-16H,4,7-8,11-14H2,1-2H3,(H,26,28)(H,27,33). The Balaban J connectivity index is 1.58. The molecule has 33 heavy (non-hydrogen) atoms. The number of benzene rings is 1. The van der Waals surface area contributed by atoms with Gasteiger partial charge in [-0.25, -0.2) is 15.0 Å². The van der Waals surface area contributed by atoms with Crippen LogP contribution in [0, 0.1) is 13.8 Å². The average Bonchev–Trinajstić information content (AvgIpc) is 3.46. The molecule has 0 bridgehead atoms. The zero-order valence-electron chi connectivity index (χ0n) is 19.1. The predicted molar refractivity (Wildman–Crippen MR) is 129 cm³/mol. The van der Waals surface area contributed by atoms with Crippen molar-refractivity contribution in [1.29, 1.82) is 0 Å². The average molecular weight is 444 g/mol. The van der Waals surface area contributed by atoms with Crippen LogP contribution in [0.1, 0.15) is 46.8 Å². The van der Waals surface area contributed by atoms with E-state index in [0.717, 1.165) is 65.4 Å². The number of imidazole rings is 1. The first-order valence-corrected chi connectivity index (χ1v) is 11.6. The summed E-state index contributed by atoms with van der Waals surface area (Å²) in [5.41, 5.74) is 5.05. The molecule has 0 spiro atoms. The van der Waals surface area contributed by atoms with Crippen molar-refractivity contribution in [2.45, 2.75) is 39.5 Å². The van der Waals surface area contributed by atoms with Gasteiger partial charge in [0, 0.05) is 49.3 Å². The summed E-state index contributed by atoms with van der Waals surface area (Å²) in [7, 11) is 0. The molecule has 8 heteroatoms. The number of H-pyrrole nitrogens is 1. The Morgan fingerprint density at radius 2 is 1.88 bits per heavy atom. The van der Waals surface area contributed by atoms with Crippen LogP contribution >= 0.6 is 0 Å². The molecule has 5 rings (SSSR count). The molecule has 1 saturated heterocycles. The van der Waals surface area contributed by atoms with Crippen LogP contribution < -0.4 is 10.2 Å². The Morgan fingerprint density at radius 1 is 1.09 bits per heavy atom. The van der Waals surface area contributed by atoms with Crippen LogP contribution in [0.5, 0.6) is 0 Å². The number of piperidine rings is 1. The van der Waals surface area contributed by atoms with E-state index < -0.39 is 0 Å². The fourth-order valence-corrected chi connectivity index (χ4v) is 4.58. The normalized spacial score (nSPS) is 14.1. The number of carbonyl (C=O) groups is 1. The van der Waals surface area contributed by atoms with Gasteiger partial charge in [0.2, 0.25) is 5.82 Å². The monoisotopic (exact) mass is 443 g/mol. The summed E-state index contributed by atoms with van der Waals surface area (Å²) >= 11 is 0. The highest BCUT2D eigenvalue weighted by atomic mass is 16.2. The van der Waals surface area contributed by atoms with E-state index in [2.05, 4.69) is 50.7 Å². The first-order valence-electron chi connectivity index (χ1n) is 11.6. The molecule has 170 valence electrons. The van der Waals surface area contributed by atoms with Crippen molar-refractivity contribution < 1.29 is 4.79 Å². The summed E-state index contributed by atoms with van der Waals surface area (Å²) in [4.78, 5) is 32.1. The van der Waals surface area contributed by atoms with E-state index in [9.17, 15) is 4.79 Å². The third-order valence-electron chi connectivity index (χ3n) is 6.44. The zero-order valence-corrected chi connectivity index (χ0v) is 19.1. The van der Waals surface area contributed by atoms with Crippen LogP contribution in [-0.2, 0) is 6.42 Å². The van der Waals surface area contributed by atoms with Crippen LogP contribution in [0.15, 0.2) is 42.9 Å². The molecule has 4 heterocycles. The van der Waals surface area contributed by atoms with E-state index in [4.69, 9.17) is 9.97 Å². The lowest BCUT2D eigenvalue weighted by atomic mass is 10.1. The molecule has 8 nitrogen and oxygen atoms in total. The Hall–Kier alpha value is -3.68. The third kappa shape index (κ3) is 4.08. The van der Waals surface area contributed by atoms with Crippen molar-refractivity contribution in [3.8, 4) is 5.69 Å². The van der Waals surface area contributed by atoms with Crippen molar-refractivity contribution in [1.82, 2.24) is 29.8 Å². The molecule has 1 amide bonds. The van der Waals surface area contributed by atoms with Crippen LogP contribution in [0.2, 0.25) is 0 Å². The van der Waals surface area contributed by atoms with Gasteiger partial charge in [-0.1, -0.05) is 18.2 Å². The lowest BCUT2D eigenvalue weighted by molar-refractivity contribution is 0.0944. The number of hydrogen-bond acceptors (Lipinski definition) is 5. The quantitative estimate of drug-likeness (QED) is 0.474. The van der Waals surface area contributed by atoms with E-state index in [1.807, 2.05) is 18.2 Å². The number of amides is 1. The van der Waals surface area contributed by atoms with Gasteiger partial charge >= 0.3 is 0 Å². The van der Waals surface area contributed by atoms with Crippen LogP contribution in [-0.4, -0.2) is 50.0 Å². The maximum absolute atomic E-state index is 13.1. The number of fused-ring (bicyclic) bond motifs is 1. The minimum Gasteiger partial charge on any atom is -0.356 e. The Morgan fingerprint density at radius 3 is 2.61 bits per heavy atom. The van der Waals surface area contributed by atoms with Crippen LogP contribution in [0.3, 0.4) is 0 Å². The molecule has 1 aliphatic heterocycles. The number of para-hydroxylation sites is 1. The minimum absolute atomic E-state index is 0.211. The topological polar surface area (TPSA) is 91.7 Å². The summed E-state index contributed by atoms with van der Waals surface area (Å²) in [5.74, 6) is 0.821. The lowest BCUT2D eigenvalue weighted by Crippen LogP contribution is -2.32. The second-order valence-electron chi connectivity index (χ2n) is 8.58. The van der Waals surface area contributed by atoms with E-state index >= 15 is 0 Å². The van der Waals surface area contributed by atoms with Crippen molar-refractivity contribution in [2.24, 2.45) is 0 Å². The van der Waals surface area contributed by atoms with Crippen molar-refractivity contribution in [3.63, 3.8) is 0 Å². The Labute approximate surface area is 193 Å². The van der Waals surface area contributed by atoms with Gasteiger partial charge in [0.05, 0.1) is 11.7 Å². The summed E-state index contributed by atoms with van der Waals surface area (Å²) in [6, 6.07) is 10.2. The molecule has 0 atom stereocenters. The van der Waals surface area contributed by atoms with E-state index in [-0.39, 0.29) is 11.7 Å². The molecule has 1 fully saturated rings. The van der Waals surface area contributed by atoms with Gasteiger partial charge in [-0.15, -0.1) is 0 Å². The largest absolute Gasteiger partial charge is 0.356 e. The highest BCUT2D eigenvalue weighted by Gasteiger charge is 2.25. The van der Waals surface area contributed by atoms with Crippen molar-refractivity contribution in [2.75, 3.05) is 24.5 Å². The Bertz CT molecular complexity index is 1260. The molecular formula is C25H29N7O. The van der Waals surface area contributed by atoms with E-state index in [1.54, 1.807) is 12.5 Å². The summed E-state index contributed by atoms with van der Waals surface area (Å²) < 4.78 is 2.14. The van der Waals surface area contributed by atoms with Crippen LogP contribution in [0.4, 0.5) is 5.82 Å². The molecule has 0 saturated carbocycles. The first-order chi connectivity index (χ1) is 16.1. The predicted octanol–water partition coefficient (Wildman–Crippen LogP) is 3.72. The van der Waals surface area contributed by atoms with Crippen molar-refractivity contribution >= 4 is 22.8 Å². The molecule has 1 aromatic carbocycles. The summed E-state index contributed by atoms with van der Waals surface area (Å²) in [6.07, 6.45) is 7.58. The Kier molecular flexibility index (Phi) is 5.81. The van der Waals surface area contributed by atoms with E-state index in [1.165, 1.54) is 6.42 Å². The SMILES string of the molecule is Cc1c(C)n(-c2ccccc2)c2nc(C(=O)NCCc3cnc[nH]3)nc(N3CCCCC3)c12. The number of aryl methyl sites for hydroxylation is 1. The number of nitrogens with zero attached hydrogens (tertiary/aromatic N) is 5. The molecular weight excluding hydrogens is 414 g/mol. The molecule has 1 aliphatic rings. The van der Waals surface area contributed by atoms with E-state index in [0.29, 0.717) is 13.0 Å². The lowest BCUT2D eigenvalue weighted by Gasteiger charge is -2.28. The van der Waals surface area contributed by atoms with Gasteiger partial charge in [0.25, 0.3) is 5.91 Å². The van der Waals surface area contributed by atoms with Gasteiger partial charge in [0.15, 0.2) is 5.65 Å². The second kappa shape index (κ2) is 9.05. The number of rotatable bonds is 6. The highest BCUT2D eigenvalue weighted by Crippen LogP contribution is 2.34. The third-order valence-corrected chi connectivity index (χ3v) is 6.44. The van der Waals surface area contributed by atoms with Crippen LogP contribution in [0.25, 0.3) is 16.7 Å².